The van der Waals surface area contributed by atoms with Gasteiger partial charge in [0.15, 0.2) is 5.17 Å². The summed E-state index contributed by atoms with van der Waals surface area (Å²) in [4.78, 5) is 18.3. The average molecular weight is 258 g/mol. The van der Waals surface area contributed by atoms with Gasteiger partial charge >= 0.3 is 5.97 Å². The zero-order valence-corrected chi connectivity index (χ0v) is 11.8. The number of esters is 1. The van der Waals surface area contributed by atoms with Crippen LogP contribution in [0.15, 0.2) is 4.99 Å². The SMILES string of the molecule is CC/N=C(\SC)N1CCC(C(=O)OCC)CC1. The zero-order chi connectivity index (χ0) is 12.7. The summed E-state index contributed by atoms with van der Waals surface area (Å²) in [6, 6.07) is 0. The van der Waals surface area contributed by atoms with E-state index in [1.54, 1.807) is 11.8 Å². The van der Waals surface area contributed by atoms with Crippen molar-refractivity contribution >= 4 is 22.9 Å². The highest BCUT2D eigenvalue weighted by molar-refractivity contribution is 8.13. The van der Waals surface area contributed by atoms with Crippen LogP contribution in [0.3, 0.4) is 0 Å². The van der Waals surface area contributed by atoms with Crippen molar-refractivity contribution in [2.45, 2.75) is 26.7 Å². The number of nitrogens with zero attached hydrogens (tertiary/aromatic N) is 2. The number of thioether (sulfide) groups is 1. The lowest BCUT2D eigenvalue weighted by atomic mass is 9.97. The van der Waals surface area contributed by atoms with Gasteiger partial charge in [0.05, 0.1) is 12.5 Å². The fourth-order valence-corrected chi connectivity index (χ4v) is 2.69. The van der Waals surface area contributed by atoms with Crippen LogP contribution in [0, 0.1) is 5.92 Å². The molecule has 1 aliphatic heterocycles. The van der Waals surface area contributed by atoms with E-state index in [1.807, 2.05) is 20.1 Å². The number of amidine groups is 1. The molecule has 0 atom stereocenters. The third kappa shape index (κ3) is 4.22. The number of likely N-dealkylation sites (tertiary alicyclic amines) is 1. The lowest BCUT2D eigenvalue weighted by molar-refractivity contribution is -0.149. The Balaban J connectivity index is 2.44. The minimum absolute atomic E-state index is 0.0368. The lowest BCUT2D eigenvalue weighted by Crippen LogP contribution is -2.39. The van der Waals surface area contributed by atoms with E-state index in [4.69, 9.17) is 4.74 Å². The molecule has 0 spiro atoms. The van der Waals surface area contributed by atoms with Crippen LogP contribution in [-0.2, 0) is 9.53 Å². The number of piperidine rings is 1. The first kappa shape index (κ1) is 14.4. The third-order valence-corrected chi connectivity index (χ3v) is 3.61. The summed E-state index contributed by atoms with van der Waals surface area (Å²) in [6.07, 6.45) is 3.80. The first-order chi connectivity index (χ1) is 8.22. The van der Waals surface area contributed by atoms with Crippen molar-refractivity contribution in [2.75, 3.05) is 32.5 Å². The number of carbonyl (C=O) groups is 1. The van der Waals surface area contributed by atoms with Gasteiger partial charge in [0.1, 0.15) is 0 Å². The van der Waals surface area contributed by atoms with Crippen molar-refractivity contribution in [1.82, 2.24) is 4.90 Å². The standard InChI is InChI=1S/C12H22N2O2S/c1-4-13-12(17-3)14-8-6-10(7-9-14)11(15)16-5-2/h10H,4-9H2,1-3H3/b13-12-. The zero-order valence-electron chi connectivity index (χ0n) is 10.9. The summed E-state index contributed by atoms with van der Waals surface area (Å²) in [5.41, 5.74) is 0. The Hall–Kier alpha value is -0.710. The van der Waals surface area contributed by atoms with E-state index in [2.05, 4.69) is 9.89 Å². The Morgan fingerprint density at radius 1 is 1.41 bits per heavy atom. The second kappa shape index (κ2) is 7.58. The van der Waals surface area contributed by atoms with Gasteiger partial charge in [-0.05, 0) is 32.9 Å². The van der Waals surface area contributed by atoms with Gasteiger partial charge in [-0.2, -0.15) is 0 Å². The quantitative estimate of drug-likeness (QED) is 0.441. The van der Waals surface area contributed by atoms with Crippen LogP contribution in [0.2, 0.25) is 0 Å². The predicted octanol–water partition coefficient (Wildman–Crippen LogP) is 2.00. The highest BCUT2D eigenvalue weighted by Gasteiger charge is 2.26. The summed E-state index contributed by atoms with van der Waals surface area (Å²) < 4.78 is 5.06. The number of ether oxygens (including phenoxy) is 1. The highest BCUT2D eigenvalue weighted by Crippen LogP contribution is 2.21. The Morgan fingerprint density at radius 3 is 2.53 bits per heavy atom. The highest BCUT2D eigenvalue weighted by atomic mass is 32.2. The number of rotatable bonds is 3. The van der Waals surface area contributed by atoms with Gasteiger partial charge in [-0.25, -0.2) is 0 Å². The van der Waals surface area contributed by atoms with Gasteiger partial charge in [0.25, 0.3) is 0 Å². The summed E-state index contributed by atoms with van der Waals surface area (Å²) in [5, 5.41) is 1.09. The molecular formula is C12H22N2O2S. The molecule has 4 nitrogen and oxygen atoms in total. The molecule has 0 saturated carbocycles. The Kier molecular flexibility index (Phi) is 6.40. The molecule has 1 fully saturated rings. The van der Waals surface area contributed by atoms with Gasteiger partial charge in [-0.1, -0.05) is 11.8 Å². The van der Waals surface area contributed by atoms with Crippen LogP contribution >= 0.6 is 11.8 Å². The van der Waals surface area contributed by atoms with Crippen molar-refractivity contribution in [3.05, 3.63) is 0 Å². The van der Waals surface area contributed by atoms with Gasteiger partial charge in [0, 0.05) is 19.6 Å². The lowest BCUT2D eigenvalue weighted by Gasteiger charge is -2.32. The molecule has 0 amide bonds. The van der Waals surface area contributed by atoms with E-state index < -0.39 is 0 Å². The van der Waals surface area contributed by atoms with Gasteiger partial charge < -0.3 is 9.64 Å². The Labute approximate surface area is 108 Å². The summed E-state index contributed by atoms with van der Waals surface area (Å²) in [7, 11) is 0. The maximum atomic E-state index is 11.6. The van der Waals surface area contributed by atoms with Crippen LogP contribution in [0.1, 0.15) is 26.7 Å². The first-order valence-electron chi connectivity index (χ1n) is 6.22. The number of hydrogen-bond donors (Lipinski definition) is 0. The second-order valence-electron chi connectivity index (χ2n) is 3.97. The predicted molar refractivity (Wildman–Crippen MR) is 72.4 cm³/mol. The van der Waals surface area contributed by atoms with Crippen LogP contribution in [0.5, 0.6) is 0 Å². The number of hydrogen-bond acceptors (Lipinski definition) is 4. The molecule has 0 N–H and O–H groups in total. The topological polar surface area (TPSA) is 41.9 Å². The van der Waals surface area contributed by atoms with Crippen molar-refractivity contribution < 1.29 is 9.53 Å². The van der Waals surface area contributed by atoms with Crippen LogP contribution in [0.25, 0.3) is 0 Å². The number of aliphatic imine (C=N–C) groups is 1. The molecule has 98 valence electrons. The van der Waals surface area contributed by atoms with Crippen molar-refractivity contribution in [2.24, 2.45) is 10.9 Å². The smallest absolute Gasteiger partial charge is 0.309 e. The molecule has 1 saturated heterocycles. The van der Waals surface area contributed by atoms with E-state index in [0.29, 0.717) is 6.61 Å². The molecule has 17 heavy (non-hydrogen) atoms. The molecule has 1 heterocycles. The second-order valence-corrected chi connectivity index (χ2v) is 4.75. The summed E-state index contributed by atoms with van der Waals surface area (Å²) in [6.45, 7) is 7.00. The molecule has 0 radical (unpaired) electrons. The van der Waals surface area contributed by atoms with Crippen LogP contribution in [-0.4, -0.2) is 48.5 Å². The maximum absolute atomic E-state index is 11.6. The van der Waals surface area contributed by atoms with Gasteiger partial charge in [0.2, 0.25) is 0 Å². The fraction of sp³-hybridized carbons (Fsp3) is 0.833. The molecule has 0 aliphatic carbocycles. The third-order valence-electron chi connectivity index (χ3n) is 2.86. The molecule has 0 bridgehead atoms. The van der Waals surface area contributed by atoms with E-state index in [-0.39, 0.29) is 11.9 Å². The molecule has 0 aromatic carbocycles. The Morgan fingerprint density at radius 2 is 2.06 bits per heavy atom. The normalized spacial score (nSPS) is 18.3. The van der Waals surface area contributed by atoms with Crippen molar-refractivity contribution in [1.29, 1.82) is 0 Å². The Bertz CT molecular complexity index is 274. The summed E-state index contributed by atoms with van der Waals surface area (Å²) in [5.74, 6) is 0.0428. The fourth-order valence-electron chi connectivity index (χ4n) is 2.00. The van der Waals surface area contributed by atoms with E-state index in [0.717, 1.165) is 37.6 Å². The van der Waals surface area contributed by atoms with Crippen LogP contribution < -0.4 is 0 Å². The molecular weight excluding hydrogens is 236 g/mol. The first-order valence-corrected chi connectivity index (χ1v) is 7.45. The maximum Gasteiger partial charge on any atom is 0.309 e. The van der Waals surface area contributed by atoms with Gasteiger partial charge in [-0.15, -0.1) is 0 Å². The average Bonchev–Trinajstić information content (AvgIpc) is 2.36. The van der Waals surface area contributed by atoms with Crippen molar-refractivity contribution in [3.8, 4) is 0 Å². The minimum atomic E-state index is -0.0368. The van der Waals surface area contributed by atoms with Crippen molar-refractivity contribution in [3.63, 3.8) is 0 Å². The van der Waals surface area contributed by atoms with E-state index in [1.165, 1.54) is 0 Å². The van der Waals surface area contributed by atoms with Crippen LogP contribution in [0.4, 0.5) is 0 Å². The monoisotopic (exact) mass is 258 g/mol. The molecule has 0 aromatic rings. The molecule has 0 aromatic heterocycles. The molecule has 5 heteroatoms. The molecule has 1 aliphatic rings. The minimum Gasteiger partial charge on any atom is -0.466 e. The van der Waals surface area contributed by atoms with Gasteiger partial charge in [-0.3, -0.25) is 9.79 Å². The van der Waals surface area contributed by atoms with E-state index in [9.17, 15) is 4.79 Å². The summed E-state index contributed by atoms with van der Waals surface area (Å²) >= 11 is 1.68. The molecule has 1 rings (SSSR count). The van der Waals surface area contributed by atoms with E-state index >= 15 is 0 Å². The number of carbonyl (C=O) groups excluding carboxylic acids is 1. The molecule has 0 unspecified atom stereocenters. The largest absolute Gasteiger partial charge is 0.466 e.